The van der Waals surface area contributed by atoms with Gasteiger partial charge in [0.25, 0.3) is 5.91 Å². The van der Waals surface area contributed by atoms with Gasteiger partial charge in [0.05, 0.1) is 24.5 Å². The average molecular weight is 393 g/mol. The Labute approximate surface area is 169 Å². The van der Waals surface area contributed by atoms with Crippen LogP contribution in [0.15, 0.2) is 48.5 Å². The maximum absolute atomic E-state index is 14.1. The maximum Gasteiger partial charge on any atom is 0.257 e. The molecular weight excluding hydrogens is 369 g/mol. The van der Waals surface area contributed by atoms with Gasteiger partial charge < -0.3 is 9.64 Å². The number of hydrogen-bond donors (Lipinski definition) is 0. The first-order valence-corrected chi connectivity index (χ1v) is 9.74. The van der Waals surface area contributed by atoms with Crippen molar-refractivity contribution in [2.45, 2.75) is 33.1 Å². The first-order valence-electron chi connectivity index (χ1n) is 9.74. The van der Waals surface area contributed by atoms with E-state index in [9.17, 15) is 9.18 Å². The highest BCUT2D eigenvalue weighted by atomic mass is 19.1. The normalized spacial score (nSPS) is 13.4. The molecule has 2 aromatic carbocycles. The minimum Gasteiger partial charge on any atom is -0.370 e. The quantitative estimate of drug-likeness (QED) is 0.663. The van der Waals surface area contributed by atoms with Gasteiger partial charge in [0.1, 0.15) is 5.82 Å². The lowest BCUT2D eigenvalue weighted by Crippen LogP contribution is -2.37. The second kappa shape index (κ2) is 8.17. The predicted octanol–water partition coefficient (Wildman–Crippen LogP) is 3.78. The summed E-state index contributed by atoms with van der Waals surface area (Å²) in [6.45, 7) is 3.91. The molecule has 0 spiro atoms. The predicted molar refractivity (Wildman–Crippen MR) is 108 cm³/mol. The van der Waals surface area contributed by atoms with Crippen molar-refractivity contribution in [2.75, 3.05) is 6.54 Å². The van der Waals surface area contributed by atoms with E-state index in [0.717, 1.165) is 22.5 Å². The number of carbonyl (C=O) groups excluding carboxylic acids is 1. The summed E-state index contributed by atoms with van der Waals surface area (Å²) in [6.07, 6.45) is 0.691. The van der Waals surface area contributed by atoms with E-state index >= 15 is 0 Å². The topological polar surface area (TPSA) is 47.4 Å². The minimum atomic E-state index is -0.490. The van der Waals surface area contributed by atoms with E-state index in [0.29, 0.717) is 32.7 Å². The summed E-state index contributed by atoms with van der Waals surface area (Å²) in [5.74, 6) is -0.777. The molecule has 5 nitrogen and oxygen atoms in total. The molecule has 0 atom stereocenters. The third-order valence-electron chi connectivity index (χ3n) is 5.47. The summed E-state index contributed by atoms with van der Waals surface area (Å²) in [6, 6.07) is 14.2. The van der Waals surface area contributed by atoms with Crippen LogP contribution in [0.3, 0.4) is 0 Å². The van der Waals surface area contributed by atoms with E-state index in [4.69, 9.17) is 4.74 Å². The van der Waals surface area contributed by atoms with Crippen molar-refractivity contribution in [3.05, 3.63) is 88.0 Å². The first-order chi connectivity index (χ1) is 14.0. The Morgan fingerprint density at radius 1 is 1.14 bits per heavy atom. The molecule has 4 rings (SSSR count). The highest BCUT2D eigenvalue weighted by Crippen LogP contribution is 2.25. The van der Waals surface area contributed by atoms with Crippen LogP contribution in [0.4, 0.5) is 4.39 Å². The fourth-order valence-electron chi connectivity index (χ4n) is 3.79. The number of rotatable bonds is 5. The lowest BCUT2D eigenvalue weighted by atomic mass is 10.0. The number of fused-ring (bicyclic) bond motifs is 1. The Morgan fingerprint density at radius 2 is 1.90 bits per heavy atom. The van der Waals surface area contributed by atoms with E-state index in [1.807, 2.05) is 23.9 Å². The second-order valence-electron chi connectivity index (χ2n) is 7.37. The molecule has 0 aliphatic carbocycles. The number of amides is 1. The molecule has 1 aliphatic heterocycles. The number of carbonyl (C=O) groups is 1. The van der Waals surface area contributed by atoms with Gasteiger partial charge in [-0.05, 0) is 30.2 Å². The van der Waals surface area contributed by atoms with Crippen LogP contribution in [0.1, 0.15) is 38.4 Å². The SMILES string of the molecule is Cc1ccccc1COCc1nn(C)c2c1CN(C(=O)c1ccccc1F)CC2. The molecule has 0 unspecified atom stereocenters. The van der Waals surface area contributed by atoms with Crippen molar-refractivity contribution in [1.82, 2.24) is 14.7 Å². The molecular formula is C23H24FN3O2. The van der Waals surface area contributed by atoms with Crippen molar-refractivity contribution in [3.63, 3.8) is 0 Å². The van der Waals surface area contributed by atoms with Crippen LogP contribution in [0.25, 0.3) is 0 Å². The highest BCUT2D eigenvalue weighted by Gasteiger charge is 2.28. The summed E-state index contributed by atoms with van der Waals surface area (Å²) in [4.78, 5) is 14.5. The van der Waals surface area contributed by atoms with Crippen LogP contribution < -0.4 is 0 Å². The number of aromatic nitrogens is 2. The van der Waals surface area contributed by atoms with Crippen LogP contribution in [0, 0.1) is 12.7 Å². The summed E-state index contributed by atoms with van der Waals surface area (Å²) in [5, 5.41) is 4.61. The molecule has 1 aromatic heterocycles. The zero-order valence-corrected chi connectivity index (χ0v) is 16.7. The van der Waals surface area contributed by atoms with E-state index in [1.165, 1.54) is 17.7 Å². The van der Waals surface area contributed by atoms with Crippen LogP contribution in [0.2, 0.25) is 0 Å². The molecule has 0 saturated heterocycles. The molecule has 1 amide bonds. The molecule has 0 bridgehead atoms. The van der Waals surface area contributed by atoms with E-state index < -0.39 is 5.82 Å². The molecule has 0 saturated carbocycles. The van der Waals surface area contributed by atoms with Crippen molar-refractivity contribution in [2.24, 2.45) is 7.05 Å². The van der Waals surface area contributed by atoms with Gasteiger partial charge >= 0.3 is 0 Å². The summed E-state index contributed by atoms with van der Waals surface area (Å²) < 4.78 is 21.8. The van der Waals surface area contributed by atoms with Crippen molar-refractivity contribution >= 4 is 5.91 Å². The number of halogens is 1. The van der Waals surface area contributed by atoms with Gasteiger partial charge in [-0.2, -0.15) is 5.10 Å². The zero-order valence-electron chi connectivity index (χ0n) is 16.7. The van der Waals surface area contributed by atoms with Crippen LogP contribution in [-0.4, -0.2) is 27.1 Å². The molecule has 3 aromatic rings. The Morgan fingerprint density at radius 3 is 2.69 bits per heavy atom. The average Bonchev–Trinajstić information content (AvgIpc) is 3.04. The van der Waals surface area contributed by atoms with Crippen LogP contribution >= 0.6 is 0 Å². The van der Waals surface area contributed by atoms with Gasteiger partial charge in [-0.15, -0.1) is 0 Å². The molecule has 6 heteroatoms. The highest BCUT2D eigenvalue weighted by molar-refractivity contribution is 5.94. The Hall–Kier alpha value is -2.99. The zero-order chi connectivity index (χ0) is 20.4. The largest absolute Gasteiger partial charge is 0.370 e. The lowest BCUT2D eigenvalue weighted by molar-refractivity contribution is 0.0723. The van der Waals surface area contributed by atoms with Gasteiger partial charge in [-0.25, -0.2) is 4.39 Å². The fourth-order valence-corrected chi connectivity index (χ4v) is 3.79. The van der Waals surface area contributed by atoms with Crippen molar-refractivity contribution in [1.29, 1.82) is 0 Å². The van der Waals surface area contributed by atoms with Crippen molar-refractivity contribution in [3.8, 4) is 0 Å². The fraction of sp³-hybridized carbons (Fsp3) is 0.304. The van der Waals surface area contributed by atoms with Crippen LogP contribution in [0.5, 0.6) is 0 Å². The Kier molecular flexibility index (Phi) is 5.45. The van der Waals surface area contributed by atoms with E-state index in [1.54, 1.807) is 17.0 Å². The molecule has 0 N–H and O–H groups in total. The van der Waals surface area contributed by atoms with E-state index in [-0.39, 0.29) is 11.5 Å². The molecule has 0 radical (unpaired) electrons. The van der Waals surface area contributed by atoms with Gasteiger partial charge in [0, 0.05) is 37.8 Å². The lowest BCUT2D eigenvalue weighted by Gasteiger charge is -2.28. The number of aryl methyl sites for hydroxylation is 2. The number of benzene rings is 2. The number of hydrogen-bond acceptors (Lipinski definition) is 3. The third-order valence-corrected chi connectivity index (χ3v) is 5.47. The second-order valence-corrected chi connectivity index (χ2v) is 7.37. The molecule has 0 fully saturated rings. The Balaban J connectivity index is 1.48. The standard InChI is InChI=1S/C23H24FN3O2/c1-16-7-3-4-8-17(16)14-29-15-21-19-13-27(12-11-22(19)26(2)25-21)23(28)18-9-5-6-10-20(18)24/h3-10H,11-15H2,1-2H3. The molecule has 29 heavy (non-hydrogen) atoms. The van der Waals surface area contributed by atoms with Crippen molar-refractivity contribution < 1.29 is 13.9 Å². The maximum atomic E-state index is 14.1. The number of nitrogens with zero attached hydrogens (tertiary/aromatic N) is 3. The molecule has 2 heterocycles. The summed E-state index contributed by atoms with van der Waals surface area (Å²) >= 11 is 0. The van der Waals surface area contributed by atoms with Gasteiger partial charge in [0.15, 0.2) is 0 Å². The smallest absolute Gasteiger partial charge is 0.257 e. The molecule has 1 aliphatic rings. The molecule has 150 valence electrons. The van der Waals surface area contributed by atoms with Gasteiger partial charge in [-0.1, -0.05) is 36.4 Å². The third kappa shape index (κ3) is 3.93. The summed E-state index contributed by atoms with van der Waals surface area (Å²) in [7, 11) is 1.91. The summed E-state index contributed by atoms with van der Waals surface area (Å²) in [5.41, 5.74) is 5.40. The van der Waals surface area contributed by atoms with Gasteiger partial charge in [-0.3, -0.25) is 9.48 Å². The monoisotopic (exact) mass is 393 g/mol. The van der Waals surface area contributed by atoms with E-state index in [2.05, 4.69) is 24.2 Å². The minimum absolute atomic E-state index is 0.109. The first kappa shape index (κ1) is 19.3. The number of ether oxygens (including phenoxy) is 1. The van der Waals surface area contributed by atoms with Crippen LogP contribution in [-0.2, 0) is 38.0 Å². The Bertz CT molecular complexity index is 1040. The van der Waals surface area contributed by atoms with Gasteiger partial charge in [0.2, 0.25) is 0 Å².